The molecule has 0 aliphatic heterocycles. The molecule has 0 unspecified atom stereocenters. The molecule has 0 atom stereocenters. The van der Waals surface area contributed by atoms with Crippen LogP contribution in [0.25, 0.3) is 0 Å². The maximum atomic E-state index is 12.2. The van der Waals surface area contributed by atoms with E-state index in [1.807, 2.05) is 6.92 Å². The fourth-order valence-electron chi connectivity index (χ4n) is 1.84. The summed E-state index contributed by atoms with van der Waals surface area (Å²) in [5.74, 6) is 0.238. The van der Waals surface area contributed by atoms with Crippen molar-refractivity contribution in [1.82, 2.24) is 5.32 Å². The van der Waals surface area contributed by atoms with E-state index in [1.165, 1.54) is 12.1 Å². The SMILES string of the molecule is CCOc1cccc(C(=O)NC(=S)Nc2cc(Cl)c(Cl)cc2Cl)c1. The number of halogens is 3. The first kappa shape index (κ1) is 18.8. The molecule has 8 heteroatoms. The van der Waals surface area contributed by atoms with Crippen molar-refractivity contribution in [2.45, 2.75) is 6.92 Å². The number of benzene rings is 2. The minimum atomic E-state index is -0.370. The predicted molar refractivity (Wildman–Crippen MR) is 103 cm³/mol. The molecule has 2 N–H and O–H groups in total. The summed E-state index contributed by atoms with van der Waals surface area (Å²) >= 11 is 23.0. The highest BCUT2D eigenvalue weighted by atomic mass is 35.5. The van der Waals surface area contributed by atoms with Gasteiger partial charge in [-0.05, 0) is 49.5 Å². The molecule has 0 aliphatic carbocycles. The van der Waals surface area contributed by atoms with Gasteiger partial charge < -0.3 is 10.1 Å². The Kier molecular flexibility index (Phi) is 6.69. The molecule has 0 spiro atoms. The second-order valence-electron chi connectivity index (χ2n) is 4.62. The number of hydrogen-bond acceptors (Lipinski definition) is 3. The van der Waals surface area contributed by atoms with Crippen molar-refractivity contribution in [2.75, 3.05) is 11.9 Å². The van der Waals surface area contributed by atoms with Gasteiger partial charge in [0, 0.05) is 5.56 Å². The number of anilines is 1. The molecule has 24 heavy (non-hydrogen) atoms. The van der Waals surface area contributed by atoms with E-state index >= 15 is 0 Å². The normalized spacial score (nSPS) is 10.2. The molecule has 0 fully saturated rings. The van der Waals surface area contributed by atoms with Crippen LogP contribution in [-0.2, 0) is 0 Å². The van der Waals surface area contributed by atoms with Gasteiger partial charge in [-0.1, -0.05) is 40.9 Å². The van der Waals surface area contributed by atoms with Crippen molar-refractivity contribution in [1.29, 1.82) is 0 Å². The molecular weight excluding hydrogens is 391 g/mol. The quantitative estimate of drug-likeness (QED) is 0.546. The van der Waals surface area contributed by atoms with Crippen LogP contribution < -0.4 is 15.4 Å². The highest BCUT2D eigenvalue weighted by Crippen LogP contribution is 2.32. The van der Waals surface area contributed by atoms with E-state index in [2.05, 4.69) is 10.6 Å². The Morgan fingerprint density at radius 2 is 1.83 bits per heavy atom. The van der Waals surface area contributed by atoms with Gasteiger partial charge >= 0.3 is 0 Å². The van der Waals surface area contributed by atoms with Gasteiger partial charge in [0.05, 0.1) is 27.4 Å². The summed E-state index contributed by atoms with van der Waals surface area (Å²) in [6.07, 6.45) is 0. The lowest BCUT2D eigenvalue weighted by atomic mass is 10.2. The first-order valence-corrected chi connectivity index (χ1v) is 8.44. The lowest BCUT2D eigenvalue weighted by Gasteiger charge is -2.12. The largest absolute Gasteiger partial charge is 0.494 e. The maximum Gasteiger partial charge on any atom is 0.257 e. The summed E-state index contributed by atoms with van der Waals surface area (Å²) in [5, 5.41) is 6.45. The second kappa shape index (κ2) is 8.53. The minimum Gasteiger partial charge on any atom is -0.494 e. The molecule has 1 amide bonds. The van der Waals surface area contributed by atoms with Crippen LogP contribution in [0, 0.1) is 0 Å². The number of amides is 1. The molecule has 2 aromatic rings. The van der Waals surface area contributed by atoms with Crippen molar-refractivity contribution in [3.63, 3.8) is 0 Å². The molecule has 0 bridgehead atoms. The third-order valence-electron chi connectivity index (χ3n) is 2.89. The fraction of sp³-hybridized carbons (Fsp3) is 0.125. The summed E-state index contributed by atoms with van der Waals surface area (Å²) in [7, 11) is 0. The van der Waals surface area contributed by atoms with Gasteiger partial charge in [-0.15, -0.1) is 0 Å². The van der Waals surface area contributed by atoms with Gasteiger partial charge in [-0.2, -0.15) is 0 Å². The molecule has 0 aliphatic rings. The molecule has 0 aromatic heterocycles. The zero-order chi connectivity index (χ0) is 17.7. The van der Waals surface area contributed by atoms with Crippen LogP contribution in [0.15, 0.2) is 36.4 Å². The van der Waals surface area contributed by atoms with Crippen LogP contribution in [0.4, 0.5) is 5.69 Å². The average Bonchev–Trinajstić information content (AvgIpc) is 2.53. The number of rotatable bonds is 4. The molecule has 4 nitrogen and oxygen atoms in total. The number of nitrogens with one attached hydrogen (secondary N) is 2. The Bertz CT molecular complexity index is 784. The Morgan fingerprint density at radius 1 is 1.12 bits per heavy atom. The first-order chi connectivity index (χ1) is 11.4. The number of thiocarbonyl (C=S) groups is 1. The van der Waals surface area contributed by atoms with Crippen LogP contribution in [0.3, 0.4) is 0 Å². The van der Waals surface area contributed by atoms with Gasteiger partial charge in [-0.25, -0.2) is 0 Å². The number of ether oxygens (including phenoxy) is 1. The third-order valence-corrected chi connectivity index (χ3v) is 4.13. The average molecular weight is 404 g/mol. The van der Waals surface area contributed by atoms with E-state index in [0.717, 1.165) is 0 Å². The van der Waals surface area contributed by atoms with E-state index in [0.29, 0.717) is 38.7 Å². The van der Waals surface area contributed by atoms with Crippen molar-refractivity contribution in [3.8, 4) is 5.75 Å². The number of carbonyl (C=O) groups excluding carboxylic acids is 1. The summed E-state index contributed by atoms with van der Waals surface area (Å²) in [5.41, 5.74) is 0.866. The topological polar surface area (TPSA) is 50.4 Å². The predicted octanol–water partition coefficient (Wildman–Crippen LogP) is 5.17. The number of carbonyl (C=O) groups is 1. The summed E-state index contributed by atoms with van der Waals surface area (Å²) in [6.45, 7) is 2.38. The van der Waals surface area contributed by atoms with Gasteiger partial charge in [0.2, 0.25) is 0 Å². The number of hydrogen-bond donors (Lipinski definition) is 2. The Balaban J connectivity index is 2.05. The van der Waals surface area contributed by atoms with Gasteiger partial charge in [0.1, 0.15) is 5.75 Å². The van der Waals surface area contributed by atoms with Crippen molar-refractivity contribution >= 4 is 63.7 Å². The van der Waals surface area contributed by atoms with Crippen molar-refractivity contribution in [2.24, 2.45) is 0 Å². The van der Waals surface area contributed by atoms with Crippen LogP contribution in [-0.4, -0.2) is 17.6 Å². The third kappa shape index (κ3) is 4.98. The van der Waals surface area contributed by atoms with Gasteiger partial charge in [0.25, 0.3) is 5.91 Å². The van der Waals surface area contributed by atoms with E-state index in [4.69, 9.17) is 51.8 Å². The molecule has 2 rings (SSSR count). The summed E-state index contributed by atoms with van der Waals surface area (Å²) in [4.78, 5) is 12.2. The highest BCUT2D eigenvalue weighted by Gasteiger charge is 2.11. The minimum absolute atomic E-state index is 0.0853. The van der Waals surface area contributed by atoms with Crippen LogP contribution >= 0.6 is 47.0 Å². The van der Waals surface area contributed by atoms with Crippen LogP contribution in [0.5, 0.6) is 5.75 Å². The van der Waals surface area contributed by atoms with Crippen LogP contribution in [0.1, 0.15) is 17.3 Å². The molecule has 0 heterocycles. The summed E-state index contributed by atoms with van der Waals surface area (Å²) in [6, 6.07) is 9.81. The summed E-state index contributed by atoms with van der Waals surface area (Å²) < 4.78 is 5.36. The molecule has 0 saturated carbocycles. The molecule has 126 valence electrons. The van der Waals surface area contributed by atoms with Gasteiger partial charge in [0.15, 0.2) is 5.11 Å². The van der Waals surface area contributed by atoms with E-state index in [9.17, 15) is 4.79 Å². The van der Waals surface area contributed by atoms with Crippen molar-refractivity contribution < 1.29 is 9.53 Å². The van der Waals surface area contributed by atoms with Gasteiger partial charge in [-0.3, -0.25) is 10.1 Å². The first-order valence-electron chi connectivity index (χ1n) is 6.90. The van der Waals surface area contributed by atoms with Crippen LogP contribution in [0.2, 0.25) is 15.1 Å². The fourth-order valence-corrected chi connectivity index (χ4v) is 2.64. The molecule has 0 saturated heterocycles. The smallest absolute Gasteiger partial charge is 0.257 e. The lowest BCUT2D eigenvalue weighted by Crippen LogP contribution is -2.34. The van der Waals surface area contributed by atoms with E-state index in [1.54, 1.807) is 24.3 Å². The Labute approximate surface area is 160 Å². The second-order valence-corrected chi connectivity index (χ2v) is 6.25. The van der Waals surface area contributed by atoms with E-state index in [-0.39, 0.29) is 11.0 Å². The monoisotopic (exact) mass is 402 g/mol. The Morgan fingerprint density at radius 3 is 2.54 bits per heavy atom. The van der Waals surface area contributed by atoms with E-state index < -0.39 is 0 Å². The standard InChI is InChI=1S/C16H13Cl3N2O2S/c1-2-23-10-5-3-4-9(6-10)15(22)21-16(24)20-14-8-12(18)11(17)7-13(14)19/h3-8H,2H2,1H3,(H2,20,21,22,24). The zero-order valence-electron chi connectivity index (χ0n) is 12.5. The zero-order valence-corrected chi connectivity index (χ0v) is 15.6. The van der Waals surface area contributed by atoms with Crippen molar-refractivity contribution in [3.05, 3.63) is 57.0 Å². The highest BCUT2D eigenvalue weighted by molar-refractivity contribution is 7.80. The molecule has 0 radical (unpaired) electrons. The Hall–Kier alpha value is -1.53. The maximum absolute atomic E-state index is 12.2. The molecule has 2 aromatic carbocycles. The lowest BCUT2D eigenvalue weighted by molar-refractivity contribution is 0.0977. The molecular formula is C16H13Cl3N2O2S.